The summed E-state index contributed by atoms with van der Waals surface area (Å²) in [5.74, 6) is 1.84. The van der Waals surface area contributed by atoms with Gasteiger partial charge >= 0.3 is 0 Å². The smallest absolute Gasteiger partial charge is 0.243 e. The molecule has 3 aromatic rings. The Kier molecular flexibility index (Phi) is 10.7. The molecule has 0 unspecified atom stereocenters. The number of methoxy groups -OCH3 is 2. The first kappa shape index (κ1) is 31.2. The van der Waals surface area contributed by atoms with Crippen LogP contribution >= 0.6 is 0 Å². The first-order valence-corrected chi connectivity index (χ1v) is 15.6. The van der Waals surface area contributed by atoms with Crippen LogP contribution in [0.3, 0.4) is 0 Å². The first-order chi connectivity index (χ1) is 20.3. The second kappa shape index (κ2) is 14.4. The molecule has 12 heteroatoms. The van der Waals surface area contributed by atoms with Gasteiger partial charge in [0.2, 0.25) is 15.9 Å². The summed E-state index contributed by atoms with van der Waals surface area (Å²) in [5, 5.41) is 8.81. The highest BCUT2D eigenvalue weighted by molar-refractivity contribution is 7.89. The Hall–Kier alpha value is -3.74. The molecular formula is C30H40N6O5S. The fourth-order valence-corrected chi connectivity index (χ4v) is 6.22. The number of carbonyl (C=O) groups is 1. The average molecular weight is 597 g/mol. The number of piperazine rings is 1. The van der Waals surface area contributed by atoms with E-state index < -0.39 is 10.0 Å². The Balaban J connectivity index is 1.40. The van der Waals surface area contributed by atoms with Crippen molar-refractivity contribution in [3.63, 3.8) is 0 Å². The molecule has 0 spiro atoms. The standard InChI is InChI=1S/C30H40N6O5S/c1-5-33(6-2)16-21-36(42(38,39)27-12-10-25(40-3)11-13-27)23-30(37)35-19-17-34(18-20-35)29-15-14-28(31-32-29)24-8-7-9-26(22-24)41-4/h7-15,22H,5-6,16-21,23H2,1-4H3. The van der Waals surface area contributed by atoms with E-state index in [4.69, 9.17) is 9.47 Å². The third-order valence-corrected chi connectivity index (χ3v) is 9.40. The number of hydrogen-bond acceptors (Lipinski definition) is 9. The number of hydrogen-bond donors (Lipinski definition) is 0. The maximum Gasteiger partial charge on any atom is 0.243 e. The van der Waals surface area contributed by atoms with E-state index in [0.29, 0.717) is 38.5 Å². The predicted molar refractivity (Wildman–Crippen MR) is 162 cm³/mol. The van der Waals surface area contributed by atoms with Crippen molar-refractivity contribution in [3.8, 4) is 22.8 Å². The van der Waals surface area contributed by atoms with Gasteiger partial charge in [0.05, 0.1) is 31.4 Å². The van der Waals surface area contributed by atoms with Gasteiger partial charge in [-0.2, -0.15) is 4.31 Å². The minimum absolute atomic E-state index is 0.136. The van der Waals surface area contributed by atoms with Crippen molar-refractivity contribution in [3.05, 3.63) is 60.7 Å². The van der Waals surface area contributed by atoms with Crippen molar-refractivity contribution >= 4 is 21.7 Å². The third-order valence-electron chi connectivity index (χ3n) is 7.54. The topological polar surface area (TPSA) is 108 Å². The second-order valence-corrected chi connectivity index (χ2v) is 11.9. The van der Waals surface area contributed by atoms with Crippen molar-refractivity contribution in [1.82, 2.24) is 24.3 Å². The van der Waals surface area contributed by atoms with E-state index in [-0.39, 0.29) is 23.9 Å². The number of ether oxygens (including phenoxy) is 2. The van der Waals surface area contributed by atoms with Crippen LogP contribution in [0.2, 0.25) is 0 Å². The number of carbonyl (C=O) groups excluding carboxylic acids is 1. The quantitative estimate of drug-likeness (QED) is 0.294. The van der Waals surface area contributed by atoms with Crippen LogP contribution in [0.25, 0.3) is 11.3 Å². The second-order valence-electron chi connectivity index (χ2n) is 9.92. The number of rotatable bonds is 13. The van der Waals surface area contributed by atoms with Crippen LogP contribution in [0.5, 0.6) is 11.5 Å². The lowest BCUT2D eigenvalue weighted by atomic mass is 10.1. The number of aromatic nitrogens is 2. The van der Waals surface area contributed by atoms with E-state index in [0.717, 1.165) is 35.9 Å². The molecule has 1 aliphatic heterocycles. The molecule has 11 nitrogen and oxygen atoms in total. The summed E-state index contributed by atoms with van der Waals surface area (Å²) in [5.41, 5.74) is 1.66. The molecule has 1 amide bonds. The zero-order valence-corrected chi connectivity index (χ0v) is 25.6. The molecule has 1 fully saturated rings. The Morgan fingerprint density at radius 1 is 0.857 bits per heavy atom. The zero-order chi connectivity index (χ0) is 30.1. The third kappa shape index (κ3) is 7.55. The van der Waals surface area contributed by atoms with Crippen molar-refractivity contribution in [1.29, 1.82) is 0 Å². The Morgan fingerprint density at radius 3 is 2.14 bits per heavy atom. The Bertz CT molecular complexity index is 1410. The zero-order valence-electron chi connectivity index (χ0n) is 24.8. The van der Waals surface area contributed by atoms with Gasteiger partial charge in [-0.3, -0.25) is 4.79 Å². The number of sulfonamides is 1. The maximum absolute atomic E-state index is 13.6. The van der Waals surface area contributed by atoms with E-state index in [1.165, 1.54) is 23.5 Å². The van der Waals surface area contributed by atoms with Crippen LogP contribution < -0.4 is 14.4 Å². The monoisotopic (exact) mass is 596 g/mol. The summed E-state index contributed by atoms with van der Waals surface area (Å²) in [7, 11) is -0.733. The summed E-state index contributed by atoms with van der Waals surface area (Å²) >= 11 is 0. The number of anilines is 1. The molecule has 0 bridgehead atoms. The van der Waals surface area contributed by atoms with Gasteiger partial charge in [0, 0.05) is 44.8 Å². The summed E-state index contributed by atoms with van der Waals surface area (Å²) in [6, 6.07) is 17.8. The van der Waals surface area contributed by atoms with Gasteiger partial charge < -0.3 is 24.2 Å². The van der Waals surface area contributed by atoms with Gasteiger partial charge in [-0.05, 0) is 61.6 Å². The van der Waals surface area contributed by atoms with Crippen LogP contribution in [0.4, 0.5) is 5.82 Å². The number of likely N-dealkylation sites (N-methyl/N-ethyl adjacent to an activating group) is 1. The summed E-state index contributed by atoms with van der Waals surface area (Å²) in [4.78, 5) is 19.5. The summed E-state index contributed by atoms with van der Waals surface area (Å²) in [6.45, 7) is 8.27. The molecule has 0 N–H and O–H groups in total. The molecule has 42 heavy (non-hydrogen) atoms. The van der Waals surface area contributed by atoms with Gasteiger partial charge in [-0.15, -0.1) is 10.2 Å². The molecular weight excluding hydrogens is 556 g/mol. The lowest BCUT2D eigenvalue weighted by Gasteiger charge is -2.36. The van der Waals surface area contributed by atoms with Crippen LogP contribution in [0.1, 0.15) is 13.8 Å². The van der Waals surface area contributed by atoms with Gasteiger partial charge in [0.1, 0.15) is 11.5 Å². The molecule has 4 rings (SSSR count). The molecule has 1 aromatic heterocycles. The molecule has 1 saturated heterocycles. The van der Waals surface area contributed by atoms with Crippen molar-refractivity contribution in [2.75, 3.05) is 78.0 Å². The highest BCUT2D eigenvalue weighted by Gasteiger charge is 2.30. The van der Waals surface area contributed by atoms with E-state index in [1.54, 1.807) is 24.1 Å². The lowest BCUT2D eigenvalue weighted by Crippen LogP contribution is -2.52. The average Bonchev–Trinajstić information content (AvgIpc) is 3.04. The van der Waals surface area contributed by atoms with Crippen LogP contribution in [-0.2, 0) is 14.8 Å². The highest BCUT2D eigenvalue weighted by Crippen LogP contribution is 2.24. The Morgan fingerprint density at radius 2 is 1.55 bits per heavy atom. The molecule has 2 heterocycles. The molecule has 2 aromatic carbocycles. The molecule has 0 saturated carbocycles. The van der Waals surface area contributed by atoms with Crippen molar-refractivity contribution < 1.29 is 22.7 Å². The summed E-state index contributed by atoms with van der Waals surface area (Å²) < 4.78 is 39.0. The van der Waals surface area contributed by atoms with Gasteiger partial charge in [0.15, 0.2) is 5.82 Å². The van der Waals surface area contributed by atoms with E-state index in [2.05, 4.69) is 20.0 Å². The first-order valence-electron chi connectivity index (χ1n) is 14.2. The van der Waals surface area contributed by atoms with Crippen molar-refractivity contribution in [2.45, 2.75) is 18.7 Å². The fourth-order valence-electron chi connectivity index (χ4n) is 4.84. The highest BCUT2D eigenvalue weighted by atomic mass is 32.2. The van der Waals surface area contributed by atoms with Crippen LogP contribution in [-0.4, -0.2) is 112 Å². The predicted octanol–water partition coefficient (Wildman–Crippen LogP) is 2.84. The summed E-state index contributed by atoms with van der Waals surface area (Å²) in [6.07, 6.45) is 0. The molecule has 0 atom stereocenters. The molecule has 0 radical (unpaired) electrons. The number of benzene rings is 2. The van der Waals surface area contributed by atoms with Gasteiger partial charge in [0.25, 0.3) is 0 Å². The van der Waals surface area contributed by atoms with Crippen molar-refractivity contribution in [2.24, 2.45) is 0 Å². The van der Waals surface area contributed by atoms with Crippen LogP contribution in [0, 0.1) is 0 Å². The number of amides is 1. The van der Waals surface area contributed by atoms with Crippen LogP contribution in [0.15, 0.2) is 65.6 Å². The minimum Gasteiger partial charge on any atom is -0.497 e. The molecule has 0 aliphatic carbocycles. The Labute approximate surface area is 248 Å². The number of nitrogens with zero attached hydrogens (tertiary/aromatic N) is 6. The van der Waals surface area contributed by atoms with Gasteiger partial charge in [-0.25, -0.2) is 8.42 Å². The maximum atomic E-state index is 13.6. The van der Waals surface area contributed by atoms with E-state index in [9.17, 15) is 13.2 Å². The lowest BCUT2D eigenvalue weighted by molar-refractivity contribution is -0.131. The normalized spacial score (nSPS) is 14.0. The molecule has 1 aliphatic rings. The van der Waals surface area contributed by atoms with E-state index >= 15 is 0 Å². The largest absolute Gasteiger partial charge is 0.497 e. The fraction of sp³-hybridized carbons (Fsp3) is 0.433. The minimum atomic E-state index is -3.89. The molecule has 226 valence electrons. The SMILES string of the molecule is CCN(CC)CCN(CC(=O)N1CCN(c2ccc(-c3cccc(OC)c3)nn2)CC1)S(=O)(=O)c1ccc(OC)cc1. The van der Waals surface area contributed by atoms with Gasteiger partial charge in [-0.1, -0.05) is 26.0 Å². The van der Waals surface area contributed by atoms with E-state index in [1.807, 2.05) is 50.2 Å².